The number of carbonyl (C=O) groups excluding carboxylic acids is 1. The van der Waals surface area contributed by atoms with Crippen molar-refractivity contribution in [1.29, 1.82) is 0 Å². The van der Waals surface area contributed by atoms with Crippen LogP contribution >= 0.6 is 0 Å². The van der Waals surface area contributed by atoms with Crippen molar-refractivity contribution in [2.45, 2.75) is 115 Å². The molecular weight excluding hydrogens is 389 g/mol. The Kier molecular flexibility index (Phi) is 23.0. The van der Waals surface area contributed by atoms with Crippen molar-refractivity contribution in [2.24, 2.45) is 5.73 Å². The van der Waals surface area contributed by atoms with Crippen LogP contribution in [0.4, 0.5) is 0 Å². The van der Waals surface area contributed by atoms with Gasteiger partial charge in [0.2, 0.25) is 0 Å². The quantitative estimate of drug-likeness (QED) is 0.180. The van der Waals surface area contributed by atoms with Crippen LogP contribution in [0.15, 0.2) is 0 Å². The maximum absolute atomic E-state index is 11.7. The van der Waals surface area contributed by atoms with Gasteiger partial charge in [0, 0.05) is 13.0 Å². The Morgan fingerprint density at radius 2 is 1.11 bits per heavy atom. The summed E-state index contributed by atoms with van der Waals surface area (Å²) in [6.07, 6.45) is 18.8. The molecule has 0 aromatic carbocycles. The Labute approximate surface area is 210 Å². The fourth-order valence-electron chi connectivity index (χ4n) is 3.25. The molecule has 0 saturated heterocycles. The minimum atomic E-state index is -4.36. The third kappa shape index (κ3) is 18.9. The van der Waals surface area contributed by atoms with E-state index in [-0.39, 0.29) is 64.4 Å². The number of hydrogen-bond donors (Lipinski definition) is 2. The first-order valence-corrected chi connectivity index (χ1v) is 12.1. The first kappa shape index (κ1) is 30.4. The molecule has 0 aliphatic rings. The summed E-state index contributed by atoms with van der Waals surface area (Å²) in [4.78, 5) is 11.7. The molecule has 5 nitrogen and oxygen atoms in total. The number of unbranched alkanes of at least 4 members (excludes halogenated alkanes) is 14. The molecule has 0 saturated carbocycles. The van der Waals surface area contributed by atoms with Gasteiger partial charge in [0.15, 0.2) is 11.0 Å². The number of rotatable bonds is 19. The van der Waals surface area contributed by atoms with Crippen LogP contribution in [0.25, 0.3) is 0 Å². The van der Waals surface area contributed by atoms with Gasteiger partial charge in [0.05, 0.1) is 0 Å². The minimum absolute atomic E-state index is 0. The standard InChI is InChI=1S/C20H41NO4S.K.H/c1-2-3-4-5-6-7-8-9-10-11-12-13-14-15-16-17-19(22)20(18-21)26(23,24)25;;/h20H,2-18,21H2,1H3,(H,23,24,25);;. The zero-order valence-electron chi connectivity index (χ0n) is 16.8. The molecule has 0 aromatic heterocycles. The summed E-state index contributed by atoms with van der Waals surface area (Å²) in [5.74, 6) is -0.468. The molecule has 0 spiro atoms. The molecule has 0 fully saturated rings. The van der Waals surface area contributed by atoms with E-state index in [1.807, 2.05) is 0 Å². The summed E-state index contributed by atoms with van der Waals surface area (Å²) in [7, 11) is -4.36. The summed E-state index contributed by atoms with van der Waals surface area (Å²) in [6.45, 7) is 1.90. The summed E-state index contributed by atoms with van der Waals surface area (Å²) in [6, 6.07) is 0. The van der Waals surface area contributed by atoms with E-state index in [2.05, 4.69) is 6.92 Å². The van der Waals surface area contributed by atoms with Gasteiger partial charge >= 0.3 is 51.4 Å². The van der Waals surface area contributed by atoms with Crippen LogP contribution in [0.5, 0.6) is 0 Å². The molecule has 0 aliphatic carbocycles. The van der Waals surface area contributed by atoms with Gasteiger partial charge < -0.3 is 5.73 Å². The van der Waals surface area contributed by atoms with Crippen LogP contribution in [0.3, 0.4) is 0 Å². The fraction of sp³-hybridized carbons (Fsp3) is 0.950. The van der Waals surface area contributed by atoms with Crippen molar-refractivity contribution < 1.29 is 17.8 Å². The van der Waals surface area contributed by atoms with E-state index < -0.39 is 21.2 Å². The van der Waals surface area contributed by atoms with Crippen LogP contribution in [0.2, 0.25) is 0 Å². The van der Waals surface area contributed by atoms with E-state index in [1.54, 1.807) is 0 Å². The fourth-order valence-corrected chi connectivity index (χ4v) is 3.94. The van der Waals surface area contributed by atoms with Crippen molar-refractivity contribution in [3.05, 3.63) is 0 Å². The van der Waals surface area contributed by atoms with Gasteiger partial charge in [0.1, 0.15) is 0 Å². The molecule has 7 heteroatoms. The molecule has 0 aliphatic heterocycles. The van der Waals surface area contributed by atoms with Crippen molar-refractivity contribution in [3.8, 4) is 0 Å². The Balaban J connectivity index is 0. The molecule has 3 N–H and O–H groups in total. The molecule has 0 radical (unpaired) electrons. The molecule has 0 bridgehead atoms. The van der Waals surface area contributed by atoms with Gasteiger partial charge in [-0.2, -0.15) is 8.42 Å². The topological polar surface area (TPSA) is 97.5 Å². The van der Waals surface area contributed by atoms with Crippen LogP contribution in [0, 0.1) is 0 Å². The van der Waals surface area contributed by atoms with Crippen LogP contribution in [-0.2, 0) is 14.9 Å². The first-order valence-electron chi connectivity index (χ1n) is 10.6. The van der Waals surface area contributed by atoms with Crippen LogP contribution < -0.4 is 5.73 Å². The van der Waals surface area contributed by atoms with E-state index in [4.69, 9.17) is 10.3 Å². The third-order valence-corrected chi connectivity index (χ3v) is 6.13. The van der Waals surface area contributed by atoms with E-state index >= 15 is 0 Å². The second-order valence-electron chi connectivity index (χ2n) is 7.41. The Morgan fingerprint density at radius 3 is 1.41 bits per heavy atom. The number of Topliss-reactive ketones (excluding diaryl/α,β-unsaturated/α-hetero) is 1. The SMILES string of the molecule is CCCCCCCCCCCCCCCCCC(=O)C(CN)S(=O)(=O)O.[KH]. The molecule has 1 unspecified atom stereocenters. The normalized spacial score (nSPS) is 12.6. The summed E-state index contributed by atoms with van der Waals surface area (Å²) >= 11 is 0. The Morgan fingerprint density at radius 1 is 0.778 bits per heavy atom. The van der Waals surface area contributed by atoms with Crippen molar-refractivity contribution in [1.82, 2.24) is 0 Å². The molecule has 0 rings (SSSR count). The summed E-state index contributed by atoms with van der Waals surface area (Å²) in [5, 5.41) is -1.45. The number of nitrogens with two attached hydrogens (primary N) is 1. The molecule has 0 heterocycles. The second kappa shape index (κ2) is 20.4. The summed E-state index contributed by atoms with van der Waals surface area (Å²) in [5.41, 5.74) is 5.26. The maximum atomic E-state index is 11.7. The number of carbonyl (C=O) groups is 1. The van der Waals surface area contributed by atoms with Crippen molar-refractivity contribution in [3.63, 3.8) is 0 Å². The molecule has 1 atom stereocenters. The van der Waals surface area contributed by atoms with Gasteiger partial charge in [0.25, 0.3) is 10.1 Å². The van der Waals surface area contributed by atoms with E-state index in [0.29, 0.717) is 6.42 Å². The zero-order valence-corrected chi connectivity index (χ0v) is 17.6. The van der Waals surface area contributed by atoms with E-state index in [0.717, 1.165) is 12.8 Å². The molecule has 27 heavy (non-hydrogen) atoms. The van der Waals surface area contributed by atoms with E-state index in [9.17, 15) is 13.2 Å². The molecule has 0 aromatic rings. The summed E-state index contributed by atoms with van der Waals surface area (Å²) < 4.78 is 31.0. The number of hydrogen-bond acceptors (Lipinski definition) is 4. The molecule has 158 valence electrons. The van der Waals surface area contributed by atoms with Gasteiger partial charge in [-0.1, -0.05) is 96.8 Å². The van der Waals surface area contributed by atoms with Crippen molar-refractivity contribution >= 4 is 67.3 Å². The predicted octanol–water partition coefficient (Wildman–Crippen LogP) is 4.38. The average Bonchev–Trinajstić information content (AvgIpc) is 2.57. The first-order chi connectivity index (χ1) is 12.4. The third-order valence-electron chi connectivity index (χ3n) is 4.96. The van der Waals surface area contributed by atoms with Crippen LogP contribution in [-0.4, -0.2) is 81.9 Å². The average molecular weight is 432 g/mol. The van der Waals surface area contributed by atoms with Gasteiger partial charge in [-0.15, -0.1) is 0 Å². The van der Waals surface area contributed by atoms with Gasteiger partial charge in [-0.25, -0.2) is 0 Å². The van der Waals surface area contributed by atoms with Gasteiger partial charge in [-0.05, 0) is 6.42 Å². The predicted molar refractivity (Wildman–Crippen MR) is 116 cm³/mol. The molecule has 0 amide bonds. The van der Waals surface area contributed by atoms with Crippen molar-refractivity contribution in [2.75, 3.05) is 6.54 Å². The number of ketones is 1. The Bertz CT molecular complexity index is 443. The van der Waals surface area contributed by atoms with Crippen LogP contribution in [0.1, 0.15) is 110 Å². The van der Waals surface area contributed by atoms with Gasteiger partial charge in [-0.3, -0.25) is 9.35 Å². The zero-order chi connectivity index (χ0) is 19.7. The second-order valence-corrected chi connectivity index (χ2v) is 9.00. The van der Waals surface area contributed by atoms with E-state index in [1.165, 1.54) is 77.0 Å². The monoisotopic (exact) mass is 431 g/mol. The molecular formula is C20H42KNO4S. The Hall–Kier alpha value is 1.18.